The minimum atomic E-state index is -0.455. The topological polar surface area (TPSA) is 99.3 Å². The summed E-state index contributed by atoms with van der Waals surface area (Å²) in [5.41, 5.74) is 2.51. The molecule has 0 fully saturated rings. The Morgan fingerprint density at radius 1 is 1.13 bits per heavy atom. The molecule has 0 unspecified atom stereocenters. The number of hydrogen-bond donors (Lipinski definition) is 1. The van der Waals surface area contributed by atoms with Gasteiger partial charge in [-0.05, 0) is 56.5 Å². The molecule has 3 rings (SSSR count). The number of amides is 1. The van der Waals surface area contributed by atoms with E-state index in [4.69, 9.17) is 4.74 Å². The second-order valence-corrected chi connectivity index (χ2v) is 7.03. The number of nitro groups is 1. The molecular weight excluding hydrogens is 384 g/mol. The molecule has 0 spiro atoms. The number of non-ortho nitro benzene ring substituents is 1. The maximum absolute atomic E-state index is 12.3. The van der Waals surface area contributed by atoms with Gasteiger partial charge in [0.15, 0.2) is 0 Å². The van der Waals surface area contributed by atoms with Crippen LogP contribution in [0.1, 0.15) is 30.5 Å². The van der Waals surface area contributed by atoms with E-state index < -0.39 is 4.92 Å². The van der Waals surface area contributed by atoms with Crippen molar-refractivity contribution in [3.8, 4) is 11.4 Å². The summed E-state index contributed by atoms with van der Waals surface area (Å²) < 4.78 is 7.27. The van der Waals surface area contributed by atoms with E-state index in [2.05, 4.69) is 10.4 Å². The monoisotopic (exact) mass is 408 g/mol. The third kappa shape index (κ3) is 5.66. The Labute approximate surface area is 174 Å². The summed E-state index contributed by atoms with van der Waals surface area (Å²) in [6.45, 7) is 4.39. The molecule has 0 aliphatic heterocycles. The smallest absolute Gasteiger partial charge is 0.269 e. The molecule has 0 saturated carbocycles. The Bertz CT molecular complexity index is 1030. The molecule has 8 heteroatoms. The number of ether oxygens (including phenoxy) is 1. The van der Waals surface area contributed by atoms with Crippen molar-refractivity contribution >= 4 is 17.4 Å². The van der Waals surface area contributed by atoms with Gasteiger partial charge < -0.3 is 10.1 Å². The molecule has 0 aliphatic carbocycles. The molecule has 1 amide bonds. The van der Waals surface area contributed by atoms with Gasteiger partial charge in [-0.1, -0.05) is 12.1 Å². The van der Waals surface area contributed by atoms with Crippen LogP contribution in [0.4, 0.5) is 11.5 Å². The largest absolute Gasteiger partial charge is 0.494 e. The molecule has 0 saturated heterocycles. The SMILES string of the molecule is Cc1cccc(OCCCCC(=O)Nc2cc(C)nn2-c2ccc([N+](=O)[O-])cc2)c1. The molecule has 2 aromatic carbocycles. The minimum absolute atomic E-state index is 0.00101. The van der Waals surface area contributed by atoms with Crippen LogP contribution in [-0.2, 0) is 4.79 Å². The Kier molecular flexibility index (Phi) is 6.79. The fourth-order valence-corrected chi connectivity index (χ4v) is 2.99. The summed E-state index contributed by atoms with van der Waals surface area (Å²) in [7, 11) is 0. The van der Waals surface area contributed by atoms with E-state index in [-0.39, 0.29) is 11.6 Å². The summed E-state index contributed by atoms with van der Waals surface area (Å²) >= 11 is 0. The first-order valence-corrected chi connectivity index (χ1v) is 9.73. The maximum atomic E-state index is 12.3. The molecular formula is C22H24N4O4. The number of nitrogens with one attached hydrogen (secondary N) is 1. The molecule has 0 bridgehead atoms. The number of unbranched alkanes of at least 4 members (excludes halogenated alkanes) is 1. The number of benzene rings is 2. The highest BCUT2D eigenvalue weighted by Crippen LogP contribution is 2.20. The molecule has 3 aromatic rings. The van der Waals surface area contributed by atoms with Gasteiger partial charge in [-0.15, -0.1) is 0 Å². The van der Waals surface area contributed by atoms with Crippen molar-refractivity contribution in [1.82, 2.24) is 9.78 Å². The fourth-order valence-electron chi connectivity index (χ4n) is 2.99. The molecule has 30 heavy (non-hydrogen) atoms. The van der Waals surface area contributed by atoms with E-state index in [1.807, 2.05) is 38.1 Å². The Morgan fingerprint density at radius 3 is 2.60 bits per heavy atom. The molecule has 0 aliphatic rings. The quantitative estimate of drug-likeness (QED) is 0.317. The summed E-state index contributed by atoms with van der Waals surface area (Å²) in [6.07, 6.45) is 1.83. The van der Waals surface area contributed by atoms with E-state index in [0.717, 1.165) is 23.4 Å². The number of nitrogens with zero attached hydrogens (tertiary/aromatic N) is 3. The average molecular weight is 408 g/mol. The van der Waals surface area contributed by atoms with Crippen molar-refractivity contribution in [2.75, 3.05) is 11.9 Å². The van der Waals surface area contributed by atoms with Crippen molar-refractivity contribution in [3.63, 3.8) is 0 Å². The van der Waals surface area contributed by atoms with Crippen molar-refractivity contribution in [3.05, 3.63) is 76.0 Å². The predicted octanol–water partition coefficient (Wildman–Crippen LogP) is 4.59. The number of aryl methyl sites for hydroxylation is 2. The van der Waals surface area contributed by atoms with Crippen molar-refractivity contribution < 1.29 is 14.5 Å². The van der Waals surface area contributed by atoms with Crippen LogP contribution in [0.5, 0.6) is 5.75 Å². The average Bonchev–Trinajstić information content (AvgIpc) is 3.07. The van der Waals surface area contributed by atoms with Crippen LogP contribution < -0.4 is 10.1 Å². The highest BCUT2D eigenvalue weighted by atomic mass is 16.6. The standard InChI is InChI=1S/C22H24N4O4/c1-16-6-5-7-20(14-16)30-13-4-3-8-22(27)23-21-15-17(2)24-25(21)18-9-11-19(12-10-18)26(28)29/h5-7,9-12,14-15H,3-4,8,13H2,1-2H3,(H,23,27). The summed E-state index contributed by atoms with van der Waals surface area (Å²) in [5.74, 6) is 1.25. The van der Waals surface area contributed by atoms with Crippen LogP contribution in [0.25, 0.3) is 5.69 Å². The lowest BCUT2D eigenvalue weighted by Gasteiger charge is -2.09. The number of carbonyl (C=O) groups excluding carboxylic acids is 1. The first-order valence-electron chi connectivity index (χ1n) is 9.73. The number of anilines is 1. The first-order chi connectivity index (χ1) is 14.4. The molecule has 1 aromatic heterocycles. The number of aromatic nitrogens is 2. The second kappa shape index (κ2) is 9.69. The first kappa shape index (κ1) is 21.0. The zero-order valence-corrected chi connectivity index (χ0v) is 17.0. The van der Waals surface area contributed by atoms with E-state index in [1.54, 1.807) is 22.9 Å². The lowest BCUT2D eigenvalue weighted by atomic mass is 10.2. The van der Waals surface area contributed by atoms with Gasteiger partial charge in [0.05, 0.1) is 22.9 Å². The Morgan fingerprint density at radius 2 is 1.90 bits per heavy atom. The maximum Gasteiger partial charge on any atom is 0.269 e. The lowest BCUT2D eigenvalue weighted by Crippen LogP contribution is -2.15. The molecule has 8 nitrogen and oxygen atoms in total. The number of hydrogen-bond acceptors (Lipinski definition) is 5. The van der Waals surface area contributed by atoms with Crippen molar-refractivity contribution in [1.29, 1.82) is 0 Å². The van der Waals surface area contributed by atoms with Crippen LogP contribution in [-0.4, -0.2) is 27.2 Å². The molecule has 0 radical (unpaired) electrons. The van der Waals surface area contributed by atoms with Gasteiger partial charge in [-0.25, -0.2) is 4.68 Å². The highest BCUT2D eigenvalue weighted by molar-refractivity contribution is 5.90. The number of nitro benzene ring substituents is 1. The van der Waals surface area contributed by atoms with Crippen LogP contribution in [0.3, 0.4) is 0 Å². The van der Waals surface area contributed by atoms with Gasteiger partial charge >= 0.3 is 0 Å². The zero-order chi connectivity index (χ0) is 21.5. The van der Waals surface area contributed by atoms with Gasteiger partial charge in [0.2, 0.25) is 5.91 Å². The van der Waals surface area contributed by atoms with E-state index >= 15 is 0 Å². The zero-order valence-electron chi connectivity index (χ0n) is 17.0. The minimum Gasteiger partial charge on any atom is -0.494 e. The van der Waals surface area contributed by atoms with Gasteiger partial charge in [-0.2, -0.15) is 5.10 Å². The Balaban J connectivity index is 1.51. The van der Waals surface area contributed by atoms with E-state index in [0.29, 0.717) is 31.0 Å². The summed E-state index contributed by atoms with van der Waals surface area (Å²) in [6, 6.07) is 15.6. The normalized spacial score (nSPS) is 10.6. The van der Waals surface area contributed by atoms with Gasteiger partial charge in [0, 0.05) is 24.6 Å². The molecule has 0 atom stereocenters. The summed E-state index contributed by atoms with van der Waals surface area (Å²) in [5, 5.41) is 18.1. The van der Waals surface area contributed by atoms with Crippen molar-refractivity contribution in [2.45, 2.75) is 33.1 Å². The van der Waals surface area contributed by atoms with Crippen LogP contribution in [0.15, 0.2) is 54.6 Å². The molecule has 1 N–H and O–H groups in total. The molecule has 156 valence electrons. The van der Waals surface area contributed by atoms with Crippen LogP contribution in [0.2, 0.25) is 0 Å². The van der Waals surface area contributed by atoms with Crippen molar-refractivity contribution in [2.24, 2.45) is 0 Å². The van der Waals surface area contributed by atoms with E-state index in [1.165, 1.54) is 12.1 Å². The van der Waals surface area contributed by atoms with Crippen LogP contribution in [0, 0.1) is 24.0 Å². The van der Waals surface area contributed by atoms with Gasteiger partial charge in [0.25, 0.3) is 5.69 Å². The summed E-state index contributed by atoms with van der Waals surface area (Å²) in [4.78, 5) is 22.7. The van der Waals surface area contributed by atoms with Crippen LogP contribution >= 0.6 is 0 Å². The van der Waals surface area contributed by atoms with Gasteiger partial charge in [0.1, 0.15) is 11.6 Å². The number of carbonyl (C=O) groups is 1. The second-order valence-electron chi connectivity index (χ2n) is 7.03. The van der Waals surface area contributed by atoms with E-state index in [9.17, 15) is 14.9 Å². The fraction of sp³-hybridized carbons (Fsp3) is 0.273. The third-order valence-corrected chi connectivity index (χ3v) is 4.46. The van der Waals surface area contributed by atoms with Gasteiger partial charge in [-0.3, -0.25) is 14.9 Å². The third-order valence-electron chi connectivity index (χ3n) is 4.46. The highest BCUT2D eigenvalue weighted by Gasteiger charge is 2.12. The number of rotatable bonds is 9. The molecule has 1 heterocycles. The predicted molar refractivity (Wildman–Crippen MR) is 114 cm³/mol. The lowest BCUT2D eigenvalue weighted by molar-refractivity contribution is -0.384. The Hall–Kier alpha value is -3.68.